The van der Waals surface area contributed by atoms with Crippen molar-refractivity contribution in [1.29, 1.82) is 0 Å². The highest BCUT2D eigenvalue weighted by Crippen LogP contribution is 2.37. The Hall–Kier alpha value is -1.35. The number of aryl methyl sites for hydroxylation is 3. The van der Waals surface area contributed by atoms with E-state index >= 15 is 0 Å². The summed E-state index contributed by atoms with van der Waals surface area (Å²) in [5, 5.41) is 0. The van der Waals surface area contributed by atoms with Crippen LogP contribution in [0.25, 0.3) is 0 Å². The molecule has 1 aliphatic heterocycles. The maximum Gasteiger partial charge on any atom is 0.222 e. The van der Waals surface area contributed by atoms with Gasteiger partial charge in [0.05, 0.1) is 0 Å². The molecule has 0 bridgehead atoms. The quantitative estimate of drug-likeness (QED) is 0.927. The molecule has 3 nitrogen and oxygen atoms in total. The summed E-state index contributed by atoms with van der Waals surface area (Å²) in [6.45, 7) is 6.05. The van der Waals surface area contributed by atoms with Crippen LogP contribution in [0.3, 0.4) is 0 Å². The van der Waals surface area contributed by atoms with Crippen LogP contribution in [0.1, 0.15) is 36.0 Å². The Morgan fingerprint density at radius 2 is 1.90 bits per heavy atom. The minimum Gasteiger partial charge on any atom is -0.342 e. The molecule has 1 aromatic carbocycles. The molecule has 3 unspecified atom stereocenters. The van der Waals surface area contributed by atoms with E-state index in [1.165, 1.54) is 23.1 Å². The molecule has 0 spiro atoms. The van der Waals surface area contributed by atoms with E-state index in [-0.39, 0.29) is 0 Å². The van der Waals surface area contributed by atoms with E-state index < -0.39 is 0 Å². The van der Waals surface area contributed by atoms with Crippen molar-refractivity contribution in [3.05, 3.63) is 34.9 Å². The fraction of sp³-hybridized carbons (Fsp3) is 0.611. The number of benzene rings is 1. The number of carbonyl (C=O) groups excluding carboxylic acids is 1. The highest BCUT2D eigenvalue weighted by atomic mass is 16.2. The van der Waals surface area contributed by atoms with Gasteiger partial charge >= 0.3 is 0 Å². The van der Waals surface area contributed by atoms with Crippen LogP contribution in [0, 0.1) is 25.7 Å². The Morgan fingerprint density at radius 3 is 2.57 bits per heavy atom. The van der Waals surface area contributed by atoms with Gasteiger partial charge in [-0.05, 0) is 50.5 Å². The predicted molar refractivity (Wildman–Crippen MR) is 85.0 cm³/mol. The SMILES string of the molecule is Cc1cc(C)cc(CCC(=O)N2CC3CCC(N)C3C2)c1. The predicted octanol–water partition coefficient (Wildman–Crippen LogP) is 2.43. The van der Waals surface area contributed by atoms with Crippen LogP contribution in [0.5, 0.6) is 0 Å². The average Bonchev–Trinajstić information content (AvgIpc) is 2.98. The minimum absolute atomic E-state index is 0.302. The third-order valence-corrected chi connectivity index (χ3v) is 5.17. The molecule has 2 aliphatic rings. The largest absolute Gasteiger partial charge is 0.342 e. The van der Waals surface area contributed by atoms with E-state index in [4.69, 9.17) is 5.73 Å². The highest BCUT2D eigenvalue weighted by Gasteiger charge is 2.42. The van der Waals surface area contributed by atoms with Gasteiger partial charge in [0.25, 0.3) is 0 Å². The molecule has 0 radical (unpaired) electrons. The molecule has 1 aromatic rings. The van der Waals surface area contributed by atoms with Gasteiger partial charge in [-0.25, -0.2) is 0 Å². The molecule has 3 heteroatoms. The van der Waals surface area contributed by atoms with Crippen molar-refractivity contribution in [2.75, 3.05) is 13.1 Å². The summed E-state index contributed by atoms with van der Waals surface area (Å²) < 4.78 is 0. The highest BCUT2D eigenvalue weighted by molar-refractivity contribution is 5.76. The molecule has 1 saturated carbocycles. The van der Waals surface area contributed by atoms with Gasteiger partial charge in [-0.2, -0.15) is 0 Å². The van der Waals surface area contributed by atoms with Crippen LogP contribution in [-0.2, 0) is 11.2 Å². The van der Waals surface area contributed by atoms with Gasteiger partial charge in [0.15, 0.2) is 0 Å². The number of fused-ring (bicyclic) bond motifs is 1. The van der Waals surface area contributed by atoms with Crippen molar-refractivity contribution in [2.24, 2.45) is 17.6 Å². The first-order valence-corrected chi connectivity index (χ1v) is 8.13. The zero-order chi connectivity index (χ0) is 15.0. The van der Waals surface area contributed by atoms with Crippen molar-refractivity contribution in [1.82, 2.24) is 4.90 Å². The summed E-state index contributed by atoms with van der Waals surface area (Å²) in [6, 6.07) is 6.87. The van der Waals surface area contributed by atoms with Crippen LogP contribution in [-0.4, -0.2) is 29.9 Å². The van der Waals surface area contributed by atoms with E-state index in [9.17, 15) is 4.79 Å². The smallest absolute Gasteiger partial charge is 0.222 e. The number of amides is 1. The van der Waals surface area contributed by atoms with E-state index in [1.54, 1.807) is 0 Å². The van der Waals surface area contributed by atoms with E-state index in [0.29, 0.717) is 30.2 Å². The standard InChI is InChI=1S/C18H26N2O/c1-12-7-13(2)9-14(8-12)3-6-18(21)20-10-15-4-5-17(19)16(15)11-20/h7-9,15-17H,3-6,10-11,19H2,1-2H3. The van der Waals surface area contributed by atoms with Gasteiger partial charge in [-0.3, -0.25) is 4.79 Å². The second kappa shape index (κ2) is 5.80. The molecular weight excluding hydrogens is 260 g/mol. The summed E-state index contributed by atoms with van der Waals surface area (Å²) in [7, 11) is 0. The number of nitrogens with zero attached hydrogens (tertiary/aromatic N) is 1. The van der Waals surface area contributed by atoms with Crippen LogP contribution in [0.2, 0.25) is 0 Å². The van der Waals surface area contributed by atoms with Crippen LogP contribution in [0.4, 0.5) is 0 Å². The van der Waals surface area contributed by atoms with Gasteiger partial charge in [0, 0.05) is 25.6 Å². The van der Waals surface area contributed by atoms with Crippen LogP contribution < -0.4 is 5.73 Å². The van der Waals surface area contributed by atoms with Crippen molar-refractivity contribution in [3.63, 3.8) is 0 Å². The van der Waals surface area contributed by atoms with Gasteiger partial charge < -0.3 is 10.6 Å². The first-order chi connectivity index (χ1) is 10.0. The van der Waals surface area contributed by atoms with E-state index in [2.05, 4.69) is 36.9 Å². The lowest BCUT2D eigenvalue weighted by Crippen LogP contribution is -2.33. The number of hydrogen-bond acceptors (Lipinski definition) is 2. The molecule has 0 aromatic heterocycles. The Kier molecular flexibility index (Phi) is 4.03. The van der Waals surface area contributed by atoms with Crippen molar-refractivity contribution < 1.29 is 4.79 Å². The first-order valence-electron chi connectivity index (χ1n) is 8.13. The maximum absolute atomic E-state index is 12.4. The minimum atomic E-state index is 0.302. The number of rotatable bonds is 3. The van der Waals surface area contributed by atoms with Gasteiger partial charge in [0.1, 0.15) is 0 Å². The second-order valence-electron chi connectivity index (χ2n) is 6.96. The van der Waals surface area contributed by atoms with E-state index in [0.717, 1.165) is 25.9 Å². The fourth-order valence-electron chi connectivity index (χ4n) is 4.13. The summed E-state index contributed by atoms with van der Waals surface area (Å²) >= 11 is 0. The normalized spacial score (nSPS) is 28.0. The van der Waals surface area contributed by atoms with Gasteiger partial charge in [-0.1, -0.05) is 29.3 Å². The maximum atomic E-state index is 12.4. The fourth-order valence-corrected chi connectivity index (χ4v) is 4.13. The Balaban J connectivity index is 1.55. The third-order valence-electron chi connectivity index (χ3n) is 5.17. The van der Waals surface area contributed by atoms with Gasteiger partial charge in [-0.15, -0.1) is 0 Å². The lowest BCUT2D eigenvalue weighted by molar-refractivity contribution is -0.130. The first kappa shape index (κ1) is 14.6. The number of likely N-dealkylation sites (tertiary alicyclic amines) is 1. The second-order valence-corrected chi connectivity index (χ2v) is 6.96. The third kappa shape index (κ3) is 3.13. The summed E-state index contributed by atoms with van der Waals surface area (Å²) in [6.07, 6.45) is 3.81. The lowest BCUT2D eigenvalue weighted by atomic mass is 9.98. The molecule has 3 atom stereocenters. The molecule has 1 heterocycles. The molecule has 1 amide bonds. The van der Waals surface area contributed by atoms with Crippen molar-refractivity contribution in [2.45, 2.75) is 45.6 Å². The number of hydrogen-bond donors (Lipinski definition) is 1. The zero-order valence-electron chi connectivity index (χ0n) is 13.1. The molecular formula is C18H26N2O. The number of carbonyl (C=O) groups is 1. The Labute approximate surface area is 127 Å². The molecule has 2 fully saturated rings. The Morgan fingerprint density at radius 1 is 1.19 bits per heavy atom. The molecule has 21 heavy (non-hydrogen) atoms. The number of nitrogens with two attached hydrogens (primary N) is 1. The van der Waals surface area contributed by atoms with Crippen molar-refractivity contribution >= 4 is 5.91 Å². The summed E-state index contributed by atoms with van der Waals surface area (Å²) in [4.78, 5) is 14.5. The van der Waals surface area contributed by atoms with Gasteiger partial charge in [0.2, 0.25) is 5.91 Å². The molecule has 3 rings (SSSR count). The van der Waals surface area contributed by atoms with Crippen molar-refractivity contribution in [3.8, 4) is 0 Å². The molecule has 114 valence electrons. The van der Waals surface area contributed by atoms with Crippen LogP contribution in [0.15, 0.2) is 18.2 Å². The topological polar surface area (TPSA) is 46.3 Å². The molecule has 2 N–H and O–H groups in total. The summed E-state index contributed by atoms with van der Waals surface area (Å²) in [5.74, 6) is 1.51. The Bertz CT molecular complexity index is 520. The zero-order valence-corrected chi connectivity index (χ0v) is 13.1. The average molecular weight is 286 g/mol. The van der Waals surface area contributed by atoms with E-state index in [1.807, 2.05) is 0 Å². The lowest BCUT2D eigenvalue weighted by Gasteiger charge is -2.19. The van der Waals surface area contributed by atoms with Crippen LogP contribution >= 0.6 is 0 Å². The monoisotopic (exact) mass is 286 g/mol. The molecule has 1 saturated heterocycles. The molecule has 1 aliphatic carbocycles. The summed E-state index contributed by atoms with van der Waals surface area (Å²) in [5.41, 5.74) is 9.97.